The van der Waals surface area contributed by atoms with Crippen molar-refractivity contribution in [3.8, 4) is 0 Å². The normalized spacial score (nSPS) is 17.9. The van der Waals surface area contributed by atoms with Crippen molar-refractivity contribution in [2.24, 2.45) is 9.98 Å². The summed E-state index contributed by atoms with van der Waals surface area (Å²) < 4.78 is 6.23. The van der Waals surface area contributed by atoms with Crippen LogP contribution in [0.4, 0.5) is 0 Å². The maximum absolute atomic E-state index is 6.23. The molecule has 0 saturated heterocycles. The molecule has 5 nitrogen and oxygen atoms in total. The van der Waals surface area contributed by atoms with Gasteiger partial charge in [0.1, 0.15) is 29.1 Å². The largest absolute Gasteiger partial charge is 0.456 e. The first kappa shape index (κ1) is 24.0. The molecule has 2 atom stereocenters. The molecule has 2 unspecified atom stereocenters. The average molecular weight is 555 g/mol. The number of amidine groups is 2. The Morgan fingerprint density at radius 1 is 0.605 bits per heavy atom. The number of benzene rings is 6. The number of nitrogens with one attached hydrogen (secondary N) is 2. The van der Waals surface area contributed by atoms with E-state index in [4.69, 9.17) is 14.4 Å². The van der Waals surface area contributed by atoms with Gasteiger partial charge in [-0.2, -0.15) is 0 Å². The summed E-state index contributed by atoms with van der Waals surface area (Å²) in [5.41, 5.74) is 4.03. The highest BCUT2D eigenvalue weighted by Crippen LogP contribution is 2.37. The summed E-state index contributed by atoms with van der Waals surface area (Å²) in [4.78, 5) is 10.4. The molecule has 43 heavy (non-hydrogen) atoms. The van der Waals surface area contributed by atoms with Crippen LogP contribution in [-0.2, 0) is 0 Å². The monoisotopic (exact) mass is 554 g/mol. The maximum atomic E-state index is 6.23. The van der Waals surface area contributed by atoms with E-state index < -0.39 is 6.17 Å². The highest BCUT2D eigenvalue weighted by Gasteiger charge is 2.32. The number of aliphatic imine (C=N–C) groups is 2. The first-order chi connectivity index (χ1) is 21.3. The number of furan rings is 1. The quantitative estimate of drug-likeness (QED) is 0.215. The van der Waals surface area contributed by atoms with Crippen molar-refractivity contribution in [2.45, 2.75) is 12.2 Å². The third-order valence-electron chi connectivity index (χ3n) is 8.60. The fraction of sp³-hybridized carbons (Fsp3) is 0.0526. The van der Waals surface area contributed by atoms with E-state index in [-0.39, 0.29) is 6.04 Å². The Hall–Kier alpha value is -5.68. The summed E-state index contributed by atoms with van der Waals surface area (Å²) in [6.45, 7) is 0. The molecule has 204 valence electrons. The topological polar surface area (TPSA) is 61.9 Å². The highest BCUT2D eigenvalue weighted by molar-refractivity contribution is 6.25. The van der Waals surface area contributed by atoms with Gasteiger partial charge < -0.3 is 15.1 Å². The second-order valence-corrected chi connectivity index (χ2v) is 11.1. The van der Waals surface area contributed by atoms with Gasteiger partial charge in [-0.25, -0.2) is 9.98 Å². The van der Waals surface area contributed by atoms with Crippen molar-refractivity contribution in [3.63, 3.8) is 0 Å². The molecular formula is C38H26N4O. The van der Waals surface area contributed by atoms with Crippen LogP contribution in [0.5, 0.6) is 0 Å². The molecule has 3 heterocycles. The molecule has 9 rings (SSSR count). The van der Waals surface area contributed by atoms with Gasteiger partial charge in [0.2, 0.25) is 0 Å². The van der Waals surface area contributed by atoms with Gasteiger partial charge in [0, 0.05) is 22.7 Å². The Kier molecular flexibility index (Phi) is 5.26. The van der Waals surface area contributed by atoms with Gasteiger partial charge in [0.25, 0.3) is 0 Å². The highest BCUT2D eigenvalue weighted by atomic mass is 16.3. The molecule has 0 radical (unpaired) electrons. The summed E-state index contributed by atoms with van der Waals surface area (Å²) in [6, 6.07) is 42.2. The van der Waals surface area contributed by atoms with Crippen LogP contribution in [0.3, 0.4) is 0 Å². The summed E-state index contributed by atoms with van der Waals surface area (Å²) in [5.74, 6) is 2.45. The van der Waals surface area contributed by atoms with Gasteiger partial charge in [-0.15, -0.1) is 0 Å². The average Bonchev–Trinajstić information content (AvgIpc) is 3.47. The van der Waals surface area contributed by atoms with Crippen molar-refractivity contribution in [1.82, 2.24) is 10.6 Å². The lowest BCUT2D eigenvalue weighted by Crippen LogP contribution is -2.43. The Labute approximate surface area is 247 Å². The van der Waals surface area contributed by atoms with E-state index in [0.29, 0.717) is 0 Å². The van der Waals surface area contributed by atoms with Gasteiger partial charge in [0.15, 0.2) is 6.17 Å². The van der Waals surface area contributed by atoms with Gasteiger partial charge >= 0.3 is 0 Å². The van der Waals surface area contributed by atoms with Gasteiger partial charge in [0.05, 0.1) is 0 Å². The Bertz CT molecular complexity index is 2310. The number of para-hydroxylation sites is 1. The molecule has 0 bridgehead atoms. The van der Waals surface area contributed by atoms with Crippen molar-refractivity contribution in [3.05, 3.63) is 150 Å². The zero-order valence-corrected chi connectivity index (χ0v) is 23.2. The molecule has 0 fully saturated rings. The number of fused-ring (bicyclic) bond motifs is 8. The Balaban J connectivity index is 1.23. The van der Waals surface area contributed by atoms with E-state index in [2.05, 4.69) is 95.6 Å². The lowest BCUT2D eigenvalue weighted by atomic mass is 9.93. The van der Waals surface area contributed by atoms with E-state index in [9.17, 15) is 0 Å². The minimum absolute atomic E-state index is 0.222. The van der Waals surface area contributed by atoms with E-state index >= 15 is 0 Å². The fourth-order valence-corrected chi connectivity index (χ4v) is 6.62. The second kappa shape index (κ2) is 9.43. The summed E-state index contributed by atoms with van der Waals surface area (Å²) in [6.07, 6.45) is 3.54. The molecular weight excluding hydrogens is 528 g/mol. The van der Waals surface area contributed by atoms with Crippen molar-refractivity contribution < 1.29 is 4.42 Å². The van der Waals surface area contributed by atoms with Gasteiger partial charge in [-0.1, -0.05) is 115 Å². The lowest BCUT2D eigenvalue weighted by molar-refractivity contribution is 0.585. The number of hydrogen-bond acceptors (Lipinski definition) is 5. The van der Waals surface area contributed by atoms with Crippen molar-refractivity contribution in [2.75, 3.05) is 0 Å². The molecule has 0 spiro atoms. The van der Waals surface area contributed by atoms with Gasteiger partial charge in [-0.05, 0) is 50.0 Å². The van der Waals surface area contributed by atoms with Crippen LogP contribution in [0.1, 0.15) is 34.7 Å². The van der Waals surface area contributed by atoms with Crippen LogP contribution in [-0.4, -0.2) is 11.7 Å². The van der Waals surface area contributed by atoms with Gasteiger partial charge in [-0.3, -0.25) is 0 Å². The Morgan fingerprint density at radius 2 is 1.37 bits per heavy atom. The third-order valence-corrected chi connectivity index (χ3v) is 8.60. The van der Waals surface area contributed by atoms with Crippen LogP contribution in [0.2, 0.25) is 0 Å². The first-order valence-corrected chi connectivity index (χ1v) is 14.6. The Morgan fingerprint density at radius 3 is 2.30 bits per heavy atom. The molecule has 7 aromatic rings. The minimum Gasteiger partial charge on any atom is -0.456 e. The third kappa shape index (κ3) is 3.78. The SMILES string of the molecule is C1=Cc2oc3ccccc3c2C(C2=NC(c3ccccc3)N=C(c3cccc4c3ccc3ccc5ccccc5c34)N2)N1. The molecule has 5 heteroatoms. The summed E-state index contributed by atoms with van der Waals surface area (Å²) in [5, 5.41) is 15.6. The molecule has 6 aromatic carbocycles. The van der Waals surface area contributed by atoms with E-state index in [1.54, 1.807) is 0 Å². The molecule has 2 N–H and O–H groups in total. The maximum Gasteiger partial charge on any atom is 0.169 e. The van der Waals surface area contributed by atoms with Crippen LogP contribution in [0.25, 0.3) is 49.4 Å². The first-order valence-electron chi connectivity index (χ1n) is 14.6. The molecule has 0 saturated carbocycles. The van der Waals surface area contributed by atoms with Crippen LogP contribution in [0, 0.1) is 0 Å². The number of rotatable bonds is 3. The van der Waals surface area contributed by atoms with Crippen molar-refractivity contribution in [1.29, 1.82) is 0 Å². The second-order valence-electron chi connectivity index (χ2n) is 11.1. The zero-order valence-electron chi connectivity index (χ0n) is 23.2. The predicted octanol–water partition coefficient (Wildman–Crippen LogP) is 8.65. The molecule has 1 aromatic heterocycles. The summed E-state index contributed by atoms with van der Waals surface area (Å²) >= 11 is 0. The predicted molar refractivity (Wildman–Crippen MR) is 176 cm³/mol. The zero-order chi connectivity index (χ0) is 28.3. The standard InChI is InChI=1S/C38H26N4O/c1-2-10-25(11-3-1)36-40-37(42-38(41-36)35-34-30-13-6-7-16-31(30)43-32(34)21-22-39-35)29-15-8-14-28-27(29)20-19-24-18-17-23-9-4-5-12-26(23)33(24)28/h1-22,35-36,39H,(H,40,41,42). The van der Waals surface area contributed by atoms with Crippen LogP contribution < -0.4 is 10.6 Å². The van der Waals surface area contributed by atoms with Crippen LogP contribution in [0.15, 0.2) is 142 Å². The van der Waals surface area contributed by atoms with E-state index in [1.165, 1.54) is 26.9 Å². The fourth-order valence-electron chi connectivity index (χ4n) is 6.62. The smallest absolute Gasteiger partial charge is 0.169 e. The molecule has 2 aliphatic rings. The summed E-state index contributed by atoms with van der Waals surface area (Å²) in [7, 11) is 0. The number of nitrogens with zero attached hydrogens (tertiary/aromatic N) is 2. The number of hydrogen-bond donors (Lipinski definition) is 2. The molecule has 0 aliphatic carbocycles. The van der Waals surface area contributed by atoms with Crippen LogP contribution >= 0.6 is 0 Å². The van der Waals surface area contributed by atoms with E-state index in [0.717, 1.165) is 50.5 Å². The van der Waals surface area contributed by atoms with E-state index in [1.807, 2.05) is 48.7 Å². The van der Waals surface area contributed by atoms with Crippen molar-refractivity contribution >= 4 is 61.0 Å². The lowest BCUT2D eigenvalue weighted by Gasteiger charge is -2.29. The minimum atomic E-state index is -0.390. The molecule has 0 amide bonds. The molecule has 2 aliphatic heterocycles.